The van der Waals surface area contributed by atoms with E-state index in [1.807, 2.05) is 18.2 Å². The van der Waals surface area contributed by atoms with Crippen molar-refractivity contribution in [3.63, 3.8) is 0 Å². The molecule has 132 valence electrons. The van der Waals surface area contributed by atoms with Gasteiger partial charge in [-0.15, -0.1) is 0 Å². The van der Waals surface area contributed by atoms with Crippen molar-refractivity contribution in [3.8, 4) is 0 Å². The number of halogens is 1. The van der Waals surface area contributed by atoms with Crippen LogP contribution in [0.3, 0.4) is 0 Å². The summed E-state index contributed by atoms with van der Waals surface area (Å²) in [7, 11) is 0. The van der Waals surface area contributed by atoms with Gasteiger partial charge in [0.2, 0.25) is 0 Å². The second-order valence-corrected chi connectivity index (χ2v) is 5.87. The third-order valence-corrected chi connectivity index (χ3v) is 3.98. The lowest BCUT2D eigenvalue weighted by atomic mass is 10.1. The van der Waals surface area contributed by atoms with Crippen molar-refractivity contribution < 1.29 is 9.18 Å². The lowest BCUT2D eigenvalue weighted by Crippen LogP contribution is -2.23. The Morgan fingerprint density at radius 2 is 1.77 bits per heavy atom. The standard InChI is InChI=1S/C21H20FN3O/c22-19-9-5-4-8-18(19)15-25-21(26)17-11-13-24-20(14-17)23-12-10-16-6-2-1-3-7-16/h1-9,11,13-14H,10,12,15H2,(H,23,24)(H,25,26). The lowest BCUT2D eigenvalue weighted by molar-refractivity contribution is 0.0950. The third kappa shape index (κ3) is 4.89. The van der Waals surface area contributed by atoms with Crippen molar-refractivity contribution in [1.29, 1.82) is 0 Å². The Labute approximate surface area is 152 Å². The SMILES string of the molecule is O=C(NCc1ccccc1F)c1ccnc(NCCc2ccccc2)c1. The topological polar surface area (TPSA) is 54.0 Å². The Balaban J connectivity index is 1.54. The predicted molar refractivity (Wildman–Crippen MR) is 100 cm³/mol. The van der Waals surface area contributed by atoms with Crippen LogP contribution in [0.4, 0.5) is 10.2 Å². The molecule has 0 radical (unpaired) electrons. The highest BCUT2D eigenvalue weighted by atomic mass is 19.1. The number of amides is 1. The fraction of sp³-hybridized carbons (Fsp3) is 0.143. The Hall–Kier alpha value is -3.21. The van der Waals surface area contributed by atoms with Crippen LogP contribution in [0.2, 0.25) is 0 Å². The largest absolute Gasteiger partial charge is 0.370 e. The van der Waals surface area contributed by atoms with Gasteiger partial charge in [-0.1, -0.05) is 48.5 Å². The molecule has 0 unspecified atom stereocenters. The zero-order chi connectivity index (χ0) is 18.2. The molecular formula is C21H20FN3O. The minimum atomic E-state index is -0.328. The van der Waals surface area contributed by atoms with Crippen LogP contribution in [0.15, 0.2) is 72.9 Å². The van der Waals surface area contributed by atoms with Crippen molar-refractivity contribution in [2.75, 3.05) is 11.9 Å². The van der Waals surface area contributed by atoms with E-state index < -0.39 is 0 Å². The van der Waals surface area contributed by atoms with Crippen LogP contribution in [-0.2, 0) is 13.0 Å². The summed E-state index contributed by atoms with van der Waals surface area (Å²) in [6.45, 7) is 0.863. The number of anilines is 1. The van der Waals surface area contributed by atoms with Gasteiger partial charge in [-0.3, -0.25) is 4.79 Å². The molecule has 0 fully saturated rings. The summed E-state index contributed by atoms with van der Waals surface area (Å²) in [5.41, 5.74) is 2.17. The fourth-order valence-electron chi connectivity index (χ4n) is 2.57. The molecule has 0 saturated heterocycles. The number of nitrogens with zero attached hydrogens (tertiary/aromatic N) is 1. The molecule has 0 aliphatic rings. The smallest absolute Gasteiger partial charge is 0.251 e. The zero-order valence-electron chi connectivity index (χ0n) is 14.3. The van der Waals surface area contributed by atoms with Crippen LogP contribution in [-0.4, -0.2) is 17.4 Å². The van der Waals surface area contributed by atoms with Crippen molar-refractivity contribution in [2.45, 2.75) is 13.0 Å². The average Bonchev–Trinajstić information content (AvgIpc) is 2.68. The molecule has 1 aromatic heterocycles. The Kier molecular flexibility index (Phi) is 5.93. The van der Waals surface area contributed by atoms with Crippen molar-refractivity contribution in [1.82, 2.24) is 10.3 Å². The summed E-state index contributed by atoms with van der Waals surface area (Å²) in [4.78, 5) is 16.5. The molecule has 3 rings (SSSR count). The lowest BCUT2D eigenvalue weighted by Gasteiger charge is -2.09. The van der Waals surface area contributed by atoms with Gasteiger partial charge in [0.1, 0.15) is 11.6 Å². The minimum Gasteiger partial charge on any atom is -0.370 e. The minimum absolute atomic E-state index is 0.143. The first-order valence-corrected chi connectivity index (χ1v) is 8.48. The molecule has 5 heteroatoms. The molecule has 1 amide bonds. The molecule has 0 atom stereocenters. The van der Waals surface area contributed by atoms with Gasteiger partial charge in [0, 0.05) is 30.4 Å². The monoisotopic (exact) mass is 349 g/mol. The molecule has 2 N–H and O–H groups in total. The van der Waals surface area contributed by atoms with Gasteiger partial charge in [-0.05, 0) is 30.2 Å². The first-order chi connectivity index (χ1) is 12.7. The van der Waals surface area contributed by atoms with E-state index in [1.54, 1.807) is 36.5 Å². The molecule has 2 aromatic carbocycles. The molecule has 0 bridgehead atoms. The maximum atomic E-state index is 13.6. The zero-order valence-corrected chi connectivity index (χ0v) is 14.3. The van der Waals surface area contributed by atoms with E-state index in [-0.39, 0.29) is 18.3 Å². The van der Waals surface area contributed by atoms with E-state index >= 15 is 0 Å². The van der Waals surface area contributed by atoms with Crippen LogP contribution in [0, 0.1) is 5.82 Å². The number of benzene rings is 2. The number of carbonyl (C=O) groups excluding carboxylic acids is 1. The number of rotatable bonds is 7. The Bertz CT molecular complexity index is 868. The molecular weight excluding hydrogens is 329 g/mol. The predicted octanol–water partition coefficient (Wildman–Crippen LogP) is 3.81. The molecule has 0 aliphatic carbocycles. The molecule has 0 aliphatic heterocycles. The fourth-order valence-corrected chi connectivity index (χ4v) is 2.57. The van der Waals surface area contributed by atoms with Gasteiger partial charge in [0.25, 0.3) is 5.91 Å². The molecule has 0 saturated carbocycles. The van der Waals surface area contributed by atoms with Crippen molar-refractivity contribution >= 4 is 11.7 Å². The summed E-state index contributed by atoms with van der Waals surface area (Å²) in [6, 6.07) is 19.9. The molecule has 3 aromatic rings. The molecule has 0 spiro atoms. The van der Waals surface area contributed by atoms with E-state index in [9.17, 15) is 9.18 Å². The second kappa shape index (κ2) is 8.76. The summed E-state index contributed by atoms with van der Waals surface area (Å²) in [6.07, 6.45) is 2.45. The van der Waals surface area contributed by atoms with Crippen molar-refractivity contribution in [2.24, 2.45) is 0 Å². The molecule has 26 heavy (non-hydrogen) atoms. The van der Waals surface area contributed by atoms with Crippen LogP contribution in [0.1, 0.15) is 21.5 Å². The number of hydrogen-bond acceptors (Lipinski definition) is 3. The van der Waals surface area contributed by atoms with E-state index in [4.69, 9.17) is 0 Å². The summed E-state index contributed by atoms with van der Waals surface area (Å²) in [5.74, 6) is 0.0482. The van der Waals surface area contributed by atoms with Gasteiger partial charge < -0.3 is 10.6 Å². The van der Waals surface area contributed by atoms with Gasteiger partial charge in [0.05, 0.1) is 0 Å². The Morgan fingerprint density at radius 3 is 2.58 bits per heavy atom. The number of aromatic nitrogens is 1. The van der Waals surface area contributed by atoms with Gasteiger partial charge in [-0.25, -0.2) is 9.37 Å². The maximum Gasteiger partial charge on any atom is 0.251 e. The summed E-state index contributed by atoms with van der Waals surface area (Å²) >= 11 is 0. The summed E-state index contributed by atoms with van der Waals surface area (Å²) < 4.78 is 13.6. The highest BCUT2D eigenvalue weighted by Crippen LogP contribution is 2.09. The first kappa shape index (κ1) is 17.6. The van der Waals surface area contributed by atoms with Gasteiger partial charge >= 0.3 is 0 Å². The Morgan fingerprint density at radius 1 is 1.00 bits per heavy atom. The number of hydrogen-bond donors (Lipinski definition) is 2. The second-order valence-electron chi connectivity index (χ2n) is 5.87. The molecule has 1 heterocycles. The number of carbonyl (C=O) groups is 1. The van der Waals surface area contributed by atoms with Crippen LogP contribution in [0.25, 0.3) is 0 Å². The number of pyridine rings is 1. The van der Waals surface area contributed by atoms with Crippen LogP contribution in [0.5, 0.6) is 0 Å². The van der Waals surface area contributed by atoms with E-state index in [2.05, 4.69) is 27.8 Å². The quantitative estimate of drug-likeness (QED) is 0.682. The van der Waals surface area contributed by atoms with Crippen molar-refractivity contribution in [3.05, 3.63) is 95.4 Å². The van der Waals surface area contributed by atoms with E-state index in [1.165, 1.54) is 11.6 Å². The van der Waals surface area contributed by atoms with Gasteiger partial charge in [-0.2, -0.15) is 0 Å². The third-order valence-electron chi connectivity index (χ3n) is 3.98. The highest BCUT2D eigenvalue weighted by molar-refractivity contribution is 5.94. The average molecular weight is 349 g/mol. The highest BCUT2D eigenvalue weighted by Gasteiger charge is 2.08. The normalized spacial score (nSPS) is 10.3. The van der Waals surface area contributed by atoms with Crippen LogP contribution >= 0.6 is 0 Å². The number of nitrogens with one attached hydrogen (secondary N) is 2. The van der Waals surface area contributed by atoms with E-state index in [0.717, 1.165) is 13.0 Å². The summed E-state index contributed by atoms with van der Waals surface area (Å²) in [5, 5.41) is 5.95. The maximum absolute atomic E-state index is 13.6. The van der Waals surface area contributed by atoms with Crippen LogP contribution < -0.4 is 10.6 Å². The first-order valence-electron chi connectivity index (χ1n) is 8.48. The van der Waals surface area contributed by atoms with E-state index in [0.29, 0.717) is 16.9 Å². The molecule has 4 nitrogen and oxygen atoms in total. The van der Waals surface area contributed by atoms with Gasteiger partial charge in [0.15, 0.2) is 0 Å².